The minimum atomic E-state index is -1.06. The van der Waals surface area contributed by atoms with Gasteiger partial charge in [0.15, 0.2) is 0 Å². The maximum Gasteiger partial charge on any atom is 0.303 e. The number of amides is 2. The fourth-order valence-electron chi connectivity index (χ4n) is 2.19. The van der Waals surface area contributed by atoms with Gasteiger partial charge in [0.2, 0.25) is 11.8 Å². The highest BCUT2D eigenvalue weighted by atomic mass is 16.4. The van der Waals surface area contributed by atoms with E-state index in [0.717, 1.165) is 0 Å². The third-order valence-corrected chi connectivity index (χ3v) is 3.20. The van der Waals surface area contributed by atoms with Crippen LogP contribution in [0.5, 0.6) is 0 Å². The molecule has 1 fully saturated rings. The van der Waals surface area contributed by atoms with Crippen molar-refractivity contribution in [3.8, 4) is 0 Å². The number of hydrogen-bond acceptors (Lipinski definition) is 5. The molecule has 2 amide bonds. The third-order valence-electron chi connectivity index (χ3n) is 3.20. The Morgan fingerprint density at radius 1 is 1.45 bits per heavy atom. The van der Waals surface area contributed by atoms with Gasteiger partial charge in [-0.25, -0.2) is 0 Å². The highest BCUT2D eigenvalue weighted by molar-refractivity contribution is 5.90. The largest absolute Gasteiger partial charge is 0.481 e. The second kappa shape index (κ2) is 7.59. The van der Waals surface area contributed by atoms with Crippen LogP contribution in [0, 0.1) is 0 Å². The monoisotopic (exact) mass is 285 g/mol. The average molecular weight is 285 g/mol. The quantitative estimate of drug-likeness (QED) is 0.487. The van der Waals surface area contributed by atoms with Crippen LogP contribution in [0.2, 0.25) is 0 Å². The maximum absolute atomic E-state index is 12.3. The summed E-state index contributed by atoms with van der Waals surface area (Å²) in [6, 6.07) is -1.45. The van der Waals surface area contributed by atoms with E-state index in [1.54, 1.807) is 0 Å². The molecular formula is C12H19N3O5. The number of nitrogens with zero attached hydrogens (tertiary/aromatic N) is 1. The van der Waals surface area contributed by atoms with Crippen molar-refractivity contribution in [1.29, 1.82) is 0 Å². The molecule has 0 radical (unpaired) electrons. The lowest BCUT2D eigenvalue weighted by molar-refractivity contribution is -0.140. The molecule has 0 unspecified atom stereocenters. The fraction of sp³-hybridized carbons (Fsp3) is 0.667. The highest BCUT2D eigenvalue weighted by Gasteiger charge is 2.33. The molecule has 1 aliphatic rings. The molecule has 8 heteroatoms. The molecule has 112 valence electrons. The number of nitrogens with one attached hydrogen (secondary N) is 1. The van der Waals surface area contributed by atoms with Crippen molar-refractivity contribution >= 4 is 24.1 Å². The molecule has 20 heavy (non-hydrogen) atoms. The highest BCUT2D eigenvalue weighted by Crippen LogP contribution is 2.17. The van der Waals surface area contributed by atoms with E-state index >= 15 is 0 Å². The van der Waals surface area contributed by atoms with Gasteiger partial charge in [-0.3, -0.25) is 14.4 Å². The SMILES string of the molecule is NCC(=O)N[C@@H](CCC(=O)O)C(=O)N1CCC[C@H]1C=O. The average Bonchev–Trinajstić information content (AvgIpc) is 2.90. The van der Waals surface area contributed by atoms with Crippen LogP contribution in [0.1, 0.15) is 25.7 Å². The second-order valence-corrected chi connectivity index (χ2v) is 4.63. The number of aldehydes is 1. The first-order valence-electron chi connectivity index (χ1n) is 6.46. The molecule has 0 aromatic heterocycles. The Kier molecular flexibility index (Phi) is 6.10. The normalized spacial score (nSPS) is 19.4. The van der Waals surface area contributed by atoms with Crippen LogP contribution >= 0.6 is 0 Å². The molecule has 1 aliphatic heterocycles. The summed E-state index contributed by atoms with van der Waals surface area (Å²) in [7, 11) is 0. The van der Waals surface area contributed by atoms with Crippen LogP contribution in [-0.4, -0.2) is 59.2 Å². The van der Waals surface area contributed by atoms with Crippen molar-refractivity contribution in [2.24, 2.45) is 5.73 Å². The molecule has 0 aliphatic carbocycles. The van der Waals surface area contributed by atoms with E-state index in [-0.39, 0.29) is 19.4 Å². The molecule has 8 nitrogen and oxygen atoms in total. The second-order valence-electron chi connectivity index (χ2n) is 4.63. The zero-order valence-corrected chi connectivity index (χ0v) is 11.1. The number of aliphatic carboxylic acids is 1. The van der Waals surface area contributed by atoms with E-state index in [9.17, 15) is 19.2 Å². The van der Waals surface area contributed by atoms with Crippen LogP contribution in [0.15, 0.2) is 0 Å². The Morgan fingerprint density at radius 2 is 2.15 bits per heavy atom. The number of rotatable bonds is 7. The minimum Gasteiger partial charge on any atom is -0.481 e. The van der Waals surface area contributed by atoms with Crippen molar-refractivity contribution < 1.29 is 24.3 Å². The molecule has 2 atom stereocenters. The summed E-state index contributed by atoms with van der Waals surface area (Å²) in [4.78, 5) is 46.5. The Morgan fingerprint density at radius 3 is 2.70 bits per heavy atom. The van der Waals surface area contributed by atoms with Crippen molar-refractivity contribution in [3.05, 3.63) is 0 Å². The van der Waals surface area contributed by atoms with Crippen LogP contribution in [-0.2, 0) is 19.2 Å². The maximum atomic E-state index is 12.3. The molecule has 0 saturated carbocycles. The number of nitrogens with two attached hydrogens (primary N) is 1. The van der Waals surface area contributed by atoms with Gasteiger partial charge in [-0.2, -0.15) is 0 Å². The lowest BCUT2D eigenvalue weighted by Gasteiger charge is -2.26. The summed E-state index contributed by atoms with van der Waals surface area (Å²) in [5.74, 6) is -2.02. The zero-order chi connectivity index (χ0) is 15.1. The van der Waals surface area contributed by atoms with Crippen molar-refractivity contribution in [2.75, 3.05) is 13.1 Å². The summed E-state index contributed by atoms with van der Waals surface area (Å²) >= 11 is 0. The molecule has 0 aromatic rings. The molecule has 1 saturated heterocycles. The first-order chi connectivity index (χ1) is 9.49. The zero-order valence-electron chi connectivity index (χ0n) is 11.1. The van der Waals surface area contributed by atoms with Crippen LogP contribution in [0.25, 0.3) is 0 Å². The number of carbonyl (C=O) groups excluding carboxylic acids is 3. The number of likely N-dealkylation sites (tertiary alicyclic amines) is 1. The van der Waals surface area contributed by atoms with Gasteiger partial charge >= 0.3 is 5.97 Å². The number of carboxylic acid groups (broad SMARTS) is 1. The first-order valence-corrected chi connectivity index (χ1v) is 6.46. The van der Waals surface area contributed by atoms with Crippen LogP contribution in [0.3, 0.4) is 0 Å². The molecule has 4 N–H and O–H groups in total. The van der Waals surface area contributed by atoms with Gasteiger partial charge < -0.3 is 25.9 Å². The Hall–Kier alpha value is -1.96. The molecule has 1 heterocycles. The topological polar surface area (TPSA) is 130 Å². The Balaban J connectivity index is 2.74. The fourth-order valence-corrected chi connectivity index (χ4v) is 2.19. The summed E-state index contributed by atoms with van der Waals surface area (Å²) < 4.78 is 0. The van der Waals surface area contributed by atoms with Crippen molar-refractivity contribution in [1.82, 2.24) is 10.2 Å². The van der Waals surface area contributed by atoms with E-state index < -0.39 is 29.9 Å². The van der Waals surface area contributed by atoms with Crippen LogP contribution < -0.4 is 11.1 Å². The van der Waals surface area contributed by atoms with E-state index in [0.29, 0.717) is 25.7 Å². The predicted octanol–water partition coefficient (Wildman–Crippen LogP) is -1.52. The Labute approximate surface area is 116 Å². The number of carboxylic acids is 1. The Bertz CT molecular complexity index is 399. The van der Waals surface area contributed by atoms with Gasteiger partial charge in [-0.1, -0.05) is 0 Å². The van der Waals surface area contributed by atoms with E-state index in [1.807, 2.05) is 0 Å². The van der Waals surface area contributed by atoms with Gasteiger partial charge in [0.05, 0.1) is 12.6 Å². The van der Waals surface area contributed by atoms with Gasteiger partial charge in [0.1, 0.15) is 12.3 Å². The van der Waals surface area contributed by atoms with E-state index in [2.05, 4.69) is 5.32 Å². The predicted molar refractivity (Wildman–Crippen MR) is 68.7 cm³/mol. The third kappa shape index (κ3) is 4.30. The molecular weight excluding hydrogens is 266 g/mol. The van der Waals surface area contributed by atoms with Gasteiger partial charge in [-0.05, 0) is 19.3 Å². The van der Waals surface area contributed by atoms with Gasteiger partial charge in [-0.15, -0.1) is 0 Å². The summed E-state index contributed by atoms with van der Waals surface area (Å²) in [6.07, 6.45) is 1.73. The summed E-state index contributed by atoms with van der Waals surface area (Å²) in [5.41, 5.74) is 5.17. The van der Waals surface area contributed by atoms with Gasteiger partial charge in [0, 0.05) is 13.0 Å². The minimum absolute atomic E-state index is 0.0258. The molecule has 1 rings (SSSR count). The molecule has 0 aromatic carbocycles. The van der Waals surface area contributed by atoms with E-state index in [4.69, 9.17) is 10.8 Å². The van der Waals surface area contributed by atoms with Crippen molar-refractivity contribution in [3.63, 3.8) is 0 Å². The van der Waals surface area contributed by atoms with Crippen molar-refractivity contribution in [2.45, 2.75) is 37.8 Å². The number of carbonyl (C=O) groups is 4. The van der Waals surface area contributed by atoms with Gasteiger partial charge in [0.25, 0.3) is 0 Å². The summed E-state index contributed by atoms with van der Waals surface area (Å²) in [6.45, 7) is 0.151. The lowest BCUT2D eigenvalue weighted by atomic mass is 10.1. The van der Waals surface area contributed by atoms with E-state index in [1.165, 1.54) is 4.90 Å². The molecule has 0 bridgehead atoms. The number of hydrogen-bond donors (Lipinski definition) is 3. The first kappa shape index (κ1) is 16.1. The van der Waals surface area contributed by atoms with Crippen LogP contribution in [0.4, 0.5) is 0 Å². The smallest absolute Gasteiger partial charge is 0.303 e. The lowest BCUT2D eigenvalue weighted by Crippen LogP contribution is -2.51. The summed E-state index contributed by atoms with van der Waals surface area (Å²) in [5, 5.41) is 11.1. The molecule has 0 spiro atoms. The standard InChI is InChI=1S/C12H19N3O5/c13-6-10(17)14-9(3-4-11(18)19)12(20)15-5-1-2-8(15)7-16/h7-9H,1-6,13H2,(H,14,17)(H,18,19)/t8-,9-/m0/s1.